The third kappa shape index (κ3) is 7.69. The van der Waals surface area contributed by atoms with Gasteiger partial charge < -0.3 is 14.8 Å². The molecule has 5 rings (SSSR count). The highest BCUT2D eigenvalue weighted by atomic mass is 32.2. The lowest BCUT2D eigenvalue weighted by atomic mass is 9.91. The molecule has 2 N–H and O–H groups in total. The van der Waals surface area contributed by atoms with Crippen LogP contribution in [0.4, 0.5) is 16.3 Å². The Morgan fingerprint density at radius 2 is 1.72 bits per heavy atom. The second-order valence-electron chi connectivity index (χ2n) is 12.7. The number of anilines is 2. The molecule has 0 bridgehead atoms. The highest BCUT2D eigenvalue weighted by molar-refractivity contribution is 7.91. The number of carbonyl (C=O) groups excluding carboxylic acids is 2. The Kier molecular flexibility index (Phi) is 10.1. The Hall–Kier alpha value is -4.20. The first-order valence-corrected chi connectivity index (χ1v) is 17.7. The van der Waals surface area contributed by atoms with E-state index in [1.807, 2.05) is 61.5 Å². The van der Waals surface area contributed by atoms with E-state index in [0.717, 1.165) is 40.3 Å². The van der Waals surface area contributed by atoms with E-state index in [4.69, 9.17) is 14.6 Å². The van der Waals surface area contributed by atoms with Gasteiger partial charge in [0.15, 0.2) is 9.96 Å². The van der Waals surface area contributed by atoms with Crippen LogP contribution >= 0.6 is 11.3 Å². The molecule has 250 valence electrons. The van der Waals surface area contributed by atoms with E-state index in [9.17, 15) is 18.0 Å². The fourth-order valence-corrected chi connectivity index (χ4v) is 8.56. The molecule has 0 unspecified atom stereocenters. The molecule has 1 fully saturated rings. The number of methoxy groups -OCH3 is 2. The molecule has 47 heavy (non-hydrogen) atoms. The molecular formula is C34H41N5O6S2. The van der Waals surface area contributed by atoms with Crippen LogP contribution in [-0.2, 0) is 26.6 Å². The smallest absolute Gasteiger partial charge is 0.342 e. The molecule has 4 aromatic rings. The molecule has 0 spiro atoms. The molecule has 2 aromatic carbocycles. The van der Waals surface area contributed by atoms with E-state index in [-0.39, 0.29) is 32.9 Å². The zero-order chi connectivity index (χ0) is 33.9. The predicted octanol–water partition coefficient (Wildman–Crippen LogP) is 6.62. The summed E-state index contributed by atoms with van der Waals surface area (Å²) in [6.07, 6.45) is 2.09. The topological polar surface area (TPSA) is 132 Å². The van der Waals surface area contributed by atoms with Crippen LogP contribution in [0, 0.1) is 12.8 Å². The zero-order valence-electron chi connectivity index (χ0n) is 27.5. The standard InChI is InChI=1S/C34H41N5O6S2/c1-22-10-12-26(13-11-22)39-29(20-28(37-39)34(2,3)4)36-33(41)35-25-9-7-8-24(19-25)18-23-14-16-38(17-15-23)47(42,43)32-30(44-5)27(21-46-32)31(40)45-6/h7-13,19-21,23H,14-18H2,1-6H3,(H2,35,36,41). The van der Waals surface area contributed by atoms with Gasteiger partial charge in [-0.3, -0.25) is 5.32 Å². The summed E-state index contributed by atoms with van der Waals surface area (Å²) in [6, 6.07) is 17.2. The van der Waals surface area contributed by atoms with E-state index < -0.39 is 16.0 Å². The van der Waals surface area contributed by atoms with Gasteiger partial charge in [-0.2, -0.15) is 9.40 Å². The van der Waals surface area contributed by atoms with Gasteiger partial charge >= 0.3 is 12.0 Å². The molecule has 1 saturated heterocycles. The lowest BCUT2D eigenvalue weighted by molar-refractivity contribution is 0.0597. The molecular weight excluding hydrogens is 639 g/mol. The van der Waals surface area contributed by atoms with Crippen LogP contribution in [0.3, 0.4) is 0 Å². The highest BCUT2D eigenvalue weighted by Gasteiger charge is 2.35. The average Bonchev–Trinajstić information content (AvgIpc) is 3.67. The number of piperidine rings is 1. The van der Waals surface area contributed by atoms with E-state index >= 15 is 0 Å². The van der Waals surface area contributed by atoms with Gasteiger partial charge in [-0.25, -0.2) is 22.7 Å². The summed E-state index contributed by atoms with van der Waals surface area (Å²) in [5.74, 6) is 0.208. The van der Waals surface area contributed by atoms with Crippen molar-refractivity contribution in [3.63, 3.8) is 0 Å². The van der Waals surface area contributed by atoms with Crippen molar-refractivity contribution in [1.29, 1.82) is 0 Å². The number of ether oxygens (including phenoxy) is 2. The molecule has 0 atom stereocenters. The summed E-state index contributed by atoms with van der Waals surface area (Å²) in [6.45, 7) is 8.97. The predicted molar refractivity (Wildman–Crippen MR) is 183 cm³/mol. The van der Waals surface area contributed by atoms with Crippen molar-refractivity contribution >= 4 is 44.9 Å². The molecule has 13 heteroatoms. The maximum atomic E-state index is 13.5. The van der Waals surface area contributed by atoms with Gasteiger partial charge in [0.25, 0.3) is 10.0 Å². The average molecular weight is 680 g/mol. The Morgan fingerprint density at radius 1 is 1.02 bits per heavy atom. The number of esters is 1. The number of rotatable bonds is 9. The van der Waals surface area contributed by atoms with Crippen LogP contribution in [0.2, 0.25) is 0 Å². The second kappa shape index (κ2) is 13.9. The van der Waals surface area contributed by atoms with Crippen molar-refractivity contribution in [3.8, 4) is 11.4 Å². The minimum atomic E-state index is -3.84. The Labute approximate surface area is 279 Å². The monoisotopic (exact) mass is 679 g/mol. The van der Waals surface area contributed by atoms with Crippen molar-refractivity contribution in [2.24, 2.45) is 5.92 Å². The number of benzene rings is 2. The summed E-state index contributed by atoms with van der Waals surface area (Å²) in [5, 5.41) is 12.2. The van der Waals surface area contributed by atoms with E-state index in [1.54, 1.807) is 4.68 Å². The minimum Gasteiger partial charge on any atom is -0.494 e. The molecule has 1 aliphatic rings. The molecule has 0 aliphatic carbocycles. The van der Waals surface area contributed by atoms with Crippen molar-refractivity contribution in [2.75, 3.05) is 37.9 Å². The highest BCUT2D eigenvalue weighted by Crippen LogP contribution is 2.38. The number of nitrogens with one attached hydrogen (secondary N) is 2. The number of sulfonamides is 1. The van der Waals surface area contributed by atoms with Gasteiger partial charge in [0.2, 0.25) is 0 Å². The Morgan fingerprint density at radius 3 is 2.36 bits per heavy atom. The Bertz CT molecular complexity index is 1850. The fraction of sp³-hybridized carbons (Fsp3) is 0.382. The van der Waals surface area contributed by atoms with E-state index in [2.05, 4.69) is 31.4 Å². The van der Waals surface area contributed by atoms with Crippen LogP contribution in [0.15, 0.2) is 64.2 Å². The summed E-state index contributed by atoms with van der Waals surface area (Å²) < 4.78 is 40.2. The first-order valence-electron chi connectivity index (χ1n) is 15.4. The molecule has 1 aliphatic heterocycles. The molecule has 2 aromatic heterocycles. The number of hydrogen-bond donors (Lipinski definition) is 2. The van der Waals surface area contributed by atoms with Crippen molar-refractivity contribution < 1.29 is 27.5 Å². The quantitative estimate of drug-likeness (QED) is 0.190. The largest absolute Gasteiger partial charge is 0.494 e. The van der Waals surface area contributed by atoms with Gasteiger partial charge in [-0.1, -0.05) is 50.6 Å². The molecule has 11 nitrogen and oxygen atoms in total. The molecule has 2 amide bonds. The van der Waals surface area contributed by atoms with E-state index in [0.29, 0.717) is 37.4 Å². The third-order valence-electron chi connectivity index (χ3n) is 8.18. The Balaban J connectivity index is 1.21. The maximum Gasteiger partial charge on any atom is 0.342 e. The van der Waals surface area contributed by atoms with Crippen molar-refractivity contribution in [1.82, 2.24) is 14.1 Å². The number of aryl methyl sites for hydroxylation is 1. The lowest BCUT2D eigenvalue weighted by Crippen LogP contribution is -2.38. The number of carbonyl (C=O) groups is 2. The summed E-state index contributed by atoms with van der Waals surface area (Å²) in [5.41, 5.74) is 4.44. The summed E-state index contributed by atoms with van der Waals surface area (Å²) >= 11 is 0.957. The van der Waals surface area contributed by atoms with Gasteiger partial charge in [0.1, 0.15) is 11.4 Å². The van der Waals surface area contributed by atoms with Gasteiger partial charge in [0.05, 0.1) is 25.6 Å². The SMILES string of the molecule is COC(=O)c1csc(S(=O)(=O)N2CCC(Cc3cccc(NC(=O)Nc4cc(C(C)(C)C)nn4-c4ccc(C)cc4)c3)CC2)c1OC. The van der Waals surface area contributed by atoms with E-state index in [1.165, 1.54) is 23.9 Å². The van der Waals surface area contributed by atoms with Crippen LogP contribution in [0.1, 0.15) is 60.8 Å². The van der Waals surface area contributed by atoms with Gasteiger partial charge in [-0.15, -0.1) is 11.3 Å². The third-order valence-corrected chi connectivity index (χ3v) is 11.6. The summed E-state index contributed by atoms with van der Waals surface area (Å²) in [7, 11) is -1.26. The summed E-state index contributed by atoms with van der Waals surface area (Å²) in [4.78, 5) is 25.2. The maximum absolute atomic E-state index is 13.5. The molecule has 3 heterocycles. The normalized spacial score (nSPS) is 14.5. The van der Waals surface area contributed by atoms with Crippen molar-refractivity contribution in [2.45, 2.75) is 56.6 Å². The first kappa shape index (κ1) is 34.1. The number of amides is 2. The number of thiophene rings is 1. The minimum absolute atomic E-state index is 0.00690. The number of urea groups is 1. The van der Waals surface area contributed by atoms with Crippen LogP contribution in [0.5, 0.6) is 5.75 Å². The van der Waals surface area contributed by atoms with Crippen LogP contribution in [0.25, 0.3) is 5.69 Å². The number of nitrogens with zero attached hydrogens (tertiary/aromatic N) is 3. The van der Waals surface area contributed by atoms with Gasteiger partial charge in [-0.05, 0) is 61.9 Å². The second-order valence-corrected chi connectivity index (χ2v) is 15.7. The van der Waals surface area contributed by atoms with Gasteiger partial charge in [0, 0.05) is 35.6 Å². The number of hydrogen-bond acceptors (Lipinski definition) is 8. The molecule has 0 saturated carbocycles. The fourth-order valence-electron chi connectivity index (χ4n) is 5.53. The lowest BCUT2D eigenvalue weighted by Gasteiger charge is -2.31. The van der Waals surface area contributed by atoms with Crippen LogP contribution in [-0.4, -0.2) is 61.8 Å². The zero-order valence-corrected chi connectivity index (χ0v) is 29.1. The first-order chi connectivity index (χ1) is 22.3. The number of aromatic nitrogens is 2. The van der Waals surface area contributed by atoms with Crippen molar-refractivity contribution in [3.05, 3.63) is 82.4 Å². The van der Waals surface area contributed by atoms with Crippen LogP contribution < -0.4 is 15.4 Å². The molecule has 0 radical (unpaired) electrons.